The van der Waals surface area contributed by atoms with E-state index >= 15 is 0 Å². The highest BCUT2D eigenvalue weighted by atomic mass is 16.7. The van der Waals surface area contributed by atoms with Crippen LogP contribution in [0.5, 0.6) is 0 Å². The first-order chi connectivity index (χ1) is 11.0. The summed E-state index contributed by atoms with van der Waals surface area (Å²) in [6.45, 7) is 2.27. The van der Waals surface area contributed by atoms with Gasteiger partial charge in [-0.1, -0.05) is 6.92 Å². The Labute approximate surface area is 140 Å². The molecular weight excluding hydrogens is 288 g/mol. The molecule has 4 aliphatic rings. The maximum Gasteiger partial charge on any atom is 0.167 e. The van der Waals surface area contributed by atoms with Crippen molar-refractivity contribution >= 4 is 5.78 Å². The van der Waals surface area contributed by atoms with E-state index in [0.717, 1.165) is 55.8 Å². The fraction of sp³-hybridized carbons (Fsp3) is 0.950. The van der Waals surface area contributed by atoms with Crippen LogP contribution in [-0.2, 0) is 14.3 Å². The molecule has 0 bridgehead atoms. The second kappa shape index (κ2) is 5.56. The summed E-state index contributed by atoms with van der Waals surface area (Å²) in [5.41, 5.74) is 0.0193. The largest absolute Gasteiger partial charge is 0.353 e. The molecule has 4 saturated carbocycles. The van der Waals surface area contributed by atoms with Crippen LogP contribution in [0.3, 0.4) is 0 Å². The number of methoxy groups -OCH3 is 2. The molecule has 4 rings (SSSR count). The summed E-state index contributed by atoms with van der Waals surface area (Å²) in [5.74, 6) is 4.15. The number of hydrogen-bond donors (Lipinski definition) is 0. The predicted octanol–water partition coefficient (Wildman–Crippen LogP) is 4.20. The Morgan fingerprint density at radius 3 is 2.39 bits per heavy atom. The summed E-state index contributed by atoms with van der Waals surface area (Å²) in [7, 11) is 3.59. The molecule has 4 aliphatic carbocycles. The predicted molar refractivity (Wildman–Crippen MR) is 88.9 cm³/mol. The summed E-state index contributed by atoms with van der Waals surface area (Å²) < 4.78 is 11.5. The van der Waals surface area contributed by atoms with E-state index in [4.69, 9.17) is 9.47 Å². The fourth-order valence-corrected chi connectivity index (χ4v) is 7.05. The van der Waals surface area contributed by atoms with Gasteiger partial charge in [0.2, 0.25) is 0 Å². The lowest BCUT2D eigenvalue weighted by Crippen LogP contribution is -2.51. The molecule has 4 fully saturated rings. The van der Waals surface area contributed by atoms with Crippen LogP contribution in [0.4, 0.5) is 0 Å². The monoisotopic (exact) mass is 320 g/mol. The van der Waals surface area contributed by atoms with Gasteiger partial charge in [0.25, 0.3) is 0 Å². The van der Waals surface area contributed by atoms with Gasteiger partial charge in [-0.3, -0.25) is 4.79 Å². The van der Waals surface area contributed by atoms with Crippen LogP contribution in [0.1, 0.15) is 64.7 Å². The van der Waals surface area contributed by atoms with Crippen LogP contribution in [0.2, 0.25) is 0 Å². The zero-order valence-electron chi connectivity index (χ0n) is 15.0. The highest BCUT2D eigenvalue weighted by molar-refractivity contribution is 5.87. The van der Waals surface area contributed by atoms with Crippen molar-refractivity contribution in [3.05, 3.63) is 0 Å². The molecule has 0 saturated heterocycles. The van der Waals surface area contributed by atoms with E-state index in [1.807, 2.05) is 0 Å². The number of rotatable bonds is 2. The topological polar surface area (TPSA) is 35.5 Å². The third kappa shape index (κ3) is 2.26. The first kappa shape index (κ1) is 16.1. The summed E-state index contributed by atoms with van der Waals surface area (Å²) in [4.78, 5) is 12.4. The molecule has 130 valence electrons. The average Bonchev–Trinajstić information content (AvgIpc) is 2.89. The minimum Gasteiger partial charge on any atom is -0.353 e. The van der Waals surface area contributed by atoms with E-state index in [1.54, 1.807) is 14.2 Å². The Morgan fingerprint density at radius 1 is 0.913 bits per heavy atom. The van der Waals surface area contributed by atoms with E-state index < -0.39 is 0 Å². The van der Waals surface area contributed by atoms with E-state index in [9.17, 15) is 4.79 Å². The first-order valence-electron chi connectivity index (χ1n) is 9.66. The van der Waals surface area contributed by atoms with Crippen molar-refractivity contribution in [1.82, 2.24) is 0 Å². The second-order valence-corrected chi connectivity index (χ2v) is 8.92. The Morgan fingerprint density at radius 2 is 1.65 bits per heavy atom. The first-order valence-corrected chi connectivity index (χ1v) is 9.66. The molecule has 3 heteroatoms. The number of ether oxygens (including phenoxy) is 2. The maximum absolute atomic E-state index is 12.4. The van der Waals surface area contributed by atoms with Crippen LogP contribution in [0.25, 0.3) is 0 Å². The molecule has 0 amide bonds. The lowest BCUT2D eigenvalue weighted by atomic mass is 9.50. The van der Waals surface area contributed by atoms with Crippen molar-refractivity contribution in [3.8, 4) is 0 Å². The van der Waals surface area contributed by atoms with Gasteiger partial charge in [0.05, 0.1) is 0 Å². The number of carbonyl (C=O) groups excluding carboxylic acids is 1. The average molecular weight is 320 g/mol. The zero-order chi connectivity index (χ0) is 16.2. The van der Waals surface area contributed by atoms with Gasteiger partial charge in [-0.05, 0) is 68.1 Å². The van der Waals surface area contributed by atoms with E-state index in [2.05, 4.69) is 6.92 Å². The zero-order valence-corrected chi connectivity index (χ0v) is 15.0. The number of ketones is 1. The van der Waals surface area contributed by atoms with Gasteiger partial charge in [0, 0.05) is 38.9 Å². The van der Waals surface area contributed by atoms with Crippen LogP contribution < -0.4 is 0 Å². The summed E-state index contributed by atoms with van der Waals surface area (Å²) in [6.07, 6.45) is 10.4. The van der Waals surface area contributed by atoms with Gasteiger partial charge < -0.3 is 9.47 Å². The fourth-order valence-electron chi connectivity index (χ4n) is 7.05. The molecule has 0 spiro atoms. The van der Waals surface area contributed by atoms with E-state index in [-0.39, 0.29) is 11.2 Å². The molecular formula is C20H32O3. The second-order valence-electron chi connectivity index (χ2n) is 8.92. The number of Topliss-reactive ketones (excluding diaryl/α,β-unsaturated/α-hetero) is 1. The normalized spacial score (nSPS) is 48.5. The highest BCUT2D eigenvalue weighted by Crippen LogP contribution is 2.62. The van der Waals surface area contributed by atoms with Crippen molar-refractivity contribution < 1.29 is 14.3 Å². The molecule has 0 heterocycles. The smallest absolute Gasteiger partial charge is 0.167 e. The number of hydrogen-bond acceptors (Lipinski definition) is 3. The Bertz CT molecular complexity index is 483. The van der Waals surface area contributed by atoms with Crippen molar-refractivity contribution in [2.75, 3.05) is 14.2 Å². The van der Waals surface area contributed by atoms with Gasteiger partial charge in [-0.15, -0.1) is 0 Å². The lowest BCUT2D eigenvalue weighted by molar-refractivity contribution is -0.246. The summed E-state index contributed by atoms with van der Waals surface area (Å²) in [5, 5.41) is 0. The van der Waals surface area contributed by atoms with Gasteiger partial charge in [0.1, 0.15) is 5.78 Å². The third-order valence-electron chi connectivity index (χ3n) is 8.40. The number of carbonyl (C=O) groups is 1. The highest BCUT2D eigenvalue weighted by Gasteiger charge is 2.57. The quantitative estimate of drug-likeness (QED) is 0.715. The standard InChI is InChI=1S/C20H32O3/c1-19-10-8-15-14-9-11-20(22-2,23-3)12-13(14)4-5-16(15)17(19)6-7-18(19)21/h13-17H,4-12H2,1-3H3/t13?,14?,15?,16?,17?,19-/m0/s1. The van der Waals surface area contributed by atoms with Crippen molar-refractivity contribution in [2.45, 2.75) is 70.5 Å². The van der Waals surface area contributed by atoms with E-state index in [0.29, 0.717) is 11.7 Å². The van der Waals surface area contributed by atoms with Gasteiger partial charge in [-0.25, -0.2) is 0 Å². The Balaban J connectivity index is 1.54. The Kier molecular flexibility index (Phi) is 3.88. The van der Waals surface area contributed by atoms with Gasteiger partial charge >= 0.3 is 0 Å². The van der Waals surface area contributed by atoms with Gasteiger partial charge in [0.15, 0.2) is 5.79 Å². The van der Waals surface area contributed by atoms with Crippen molar-refractivity contribution in [2.24, 2.45) is 35.0 Å². The third-order valence-corrected chi connectivity index (χ3v) is 8.40. The molecule has 0 aromatic carbocycles. The molecule has 23 heavy (non-hydrogen) atoms. The summed E-state index contributed by atoms with van der Waals surface area (Å²) in [6, 6.07) is 0. The van der Waals surface area contributed by atoms with Crippen LogP contribution in [0.15, 0.2) is 0 Å². The molecule has 3 nitrogen and oxygen atoms in total. The summed E-state index contributed by atoms with van der Waals surface area (Å²) >= 11 is 0. The molecule has 0 aromatic rings. The SMILES string of the molecule is COC1(OC)CCC2C(CCC3C2CC[C@]2(C)C(=O)CCC32)C1. The molecule has 6 atom stereocenters. The molecule has 0 aliphatic heterocycles. The molecule has 0 aromatic heterocycles. The Hall–Kier alpha value is -0.410. The molecule has 5 unspecified atom stereocenters. The van der Waals surface area contributed by atoms with Crippen molar-refractivity contribution in [3.63, 3.8) is 0 Å². The lowest BCUT2D eigenvalue weighted by Gasteiger charge is -2.56. The molecule has 0 radical (unpaired) electrons. The maximum atomic E-state index is 12.4. The van der Waals surface area contributed by atoms with Crippen molar-refractivity contribution in [1.29, 1.82) is 0 Å². The minimum atomic E-state index is -0.333. The van der Waals surface area contributed by atoms with Crippen LogP contribution in [-0.4, -0.2) is 25.8 Å². The van der Waals surface area contributed by atoms with Crippen LogP contribution >= 0.6 is 0 Å². The number of fused-ring (bicyclic) bond motifs is 5. The van der Waals surface area contributed by atoms with Gasteiger partial charge in [-0.2, -0.15) is 0 Å². The van der Waals surface area contributed by atoms with Crippen LogP contribution in [0, 0.1) is 35.0 Å². The minimum absolute atomic E-state index is 0.0193. The van der Waals surface area contributed by atoms with E-state index in [1.165, 1.54) is 25.7 Å². The molecule has 0 N–H and O–H groups in total.